The van der Waals surface area contributed by atoms with Gasteiger partial charge < -0.3 is 59.4 Å². The number of carbonyl (C=O) groups is 4. The van der Waals surface area contributed by atoms with E-state index in [9.17, 15) is 28.7 Å². The van der Waals surface area contributed by atoms with Crippen molar-refractivity contribution in [2.45, 2.75) is 84.2 Å². The lowest BCUT2D eigenvalue weighted by Gasteiger charge is -2.35. The monoisotopic (exact) mass is 1200 g/mol. The highest BCUT2D eigenvalue weighted by atomic mass is 32.1. The summed E-state index contributed by atoms with van der Waals surface area (Å²) in [6, 6.07) is 22.8. The van der Waals surface area contributed by atoms with Gasteiger partial charge in [-0.1, -0.05) is 63.2 Å². The predicted octanol–water partition coefficient (Wildman–Crippen LogP) is 5.22. The van der Waals surface area contributed by atoms with Crippen LogP contribution in [0, 0.1) is 18.2 Å². The van der Waals surface area contributed by atoms with Crippen LogP contribution in [0.2, 0.25) is 0 Å². The van der Waals surface area contributed by atoms with Crippen molar-refractivity contribution in [3.8, 4) is 21.8 Å². The first kappa shape index (κ1) is 63.5. The number of hydrogen-bond donors (Lipinski definition) is 4. The van der Waals surface area contributed by atoms with Gasteiger partial charge in [0.15, 0.2) is 5.65 Å². The van der Waals surface area contributed by atoms with Gasteiger partial charge in [-0.3, -0.25) is 24.1 Å². The Morgan fingerprint density at radius 2 is 1.48 bits per heavy atom. The predicted molar refractivity (Wildman–Crippen MR) is 324 cm³/mol. The molecule has 3 aliphatic rings. The second kappa shape index (κ2) is 31.1. The Kier molecular flexibility index (Phi) is 22.9. The Labute approximate surface area is 505 Å². The largest absolute Gasteiger partial charge is 0.391 e. The summed E-state index contributed by atoms with van der Waals surface area (Å²) in [5, 5.41) is 24.3. The highest BCUT2D eigenvalue weighted by molar-refractivity contribution is 7.13. The maximum Gasteiger partial charge on any atom is 0.246 e. The molecular weight excluding hydrogens is 1120 g/mol. The van der Waals surface area contributed by atoms with Gasteiger partial charge in [0, 0.05) is 65.2 Å². The van der Waals surface area contributed by atoms with Crippen molar-refractivity contribution in [1.82, 2.24) is 50.3 Å². The van der Waals surface area contributed by atoms with E-state index in [0.717, 1.165) is 82.8 Å². The zero-order valence-electron chi connectivity index (χ0n) is 49.7. The van der Waals surface area contributed by atoms with Gasteiger partial charge in [0.25, 0.3) is 0 Å². The van der Waals surface area contributed by atoms with E-state index in [2.05, 4.69) is 40.6 Å². The van der Waals surface area contributed by atoms with Crippen LogP contribution in [0.5, 0.6) is 0 Å². The summed E-state index contributed by atoms with van der Waals surface area (Å²) in [5.74, 6) is 0.205. The van der Waals surface area contributed by atoms with Crippen molar-refractivity contribution in [2.75, 3.05) is 128 Å². The standard InChI is InChI=1S/C62H81FN12O10S/c1-43-58(86-42-67-43)45-15-13-44(14-16-45)38-66-60(79)51-37-48(76)40-74(51)61(80)59(62(2,3)4)69-56(77)19-26-81-28-30-83-32-34-85-35-33-84-31-29-82-27-20-64-57(78)41-71-22-24-72(25-23-71)54-12-6-10-49(68-54)52-39-65-53-17-18-55(70-75(52)53)73-21-7-11-50(73)46-8-5-9-47(63)36-46/h5-6,8-10,12-18,36,39,42,48,50-51,59,76H,7,11,19-35,37-38,40-41H2,1-4H3,(H,64,78)(H,66,79)(H,69,77)/t48-,50-,51+,59?/m1/s1. The number of amides is 4. The van der Waals surface area contributed by atoms with Crippen molar-refractivity contribution in [2.24, 2.45) is 5.41 Å². The molecule has 24 heteroatoms. The fourth-order valence-corrected chi connectivity index (χ4v) is 11.7. The molecule has 0 bridgehead atoms. The van der Waals surface area contributed by atoms with E-state index in [-0.39, 0.29) is 68.7 Å². The van der Waals surface area contributed by atoms with E-state index in [0.29, 0.717) is 84.7 Å². The van der Waals surface area contributed by atoms with Crippen LogP contribution >= 0.6 is 11.3 Å². The van der Waals surface area contributed by atoms with E-state index in [4.69, 9.17) is 33.8 Å². The lowest BCUT2D eigenvalue weighted by molar-refractivity contribution is -0.144. The number of thiazole rings is 1. The molecule has 4 aromatic heterocycles. The number of nitrogens with one attached hydrogen (secondary N) is 3. The van der Waals surface area contributed by atoms with Crippen LogP contribution in [0.25, 0.3) is 27.5 Å². The number of aromatic nitrogens is 5. The number of ether oxygens (including phenoxy) is 5. The van der Waals surface area contributed by atoms with Gasteiger partial charge in [-0.25, -0.2) is 23.9 Å². The number of anilines is 2. The minimum absolute atomic E-state index is 0.0104. The van der Waals surface area contributed by atoms with Crippen LogP contribution in [-0.2, 0) is 49.4 Å². The number of fused-ring (bicyclic) bond motifs is 1. The maximum absolute atomic E-state index is 14.1. The number of aliphatic hydroxyl groups excluding tert-OH is 1. The topological polar surface area (TPSA) is 240 Å². The van der Waals surface area contributed by atoms with Crippen molar-refractivity contribution in [3.63, 3.8) is 0 Å². The number of halogens is 1. The molecule has 0 spiro atoms. The zero-order valence-corrected chi connectivity index (χ0v) is 50.5. The summed E-state index contributed by atoms with van der Waals surface area (Å²) in [5.41, 5.74) is 7.24. The fraction of sp³-hybridized carbons (Fsp3) is 0.516. The summed E-state index contributed by atoms with van der Waals surface area (Å²) in [6.45, 7) is 15.5. The third-order valence-corrected chi connectivity index (χ3v) is 16.4. The molecule has 0 aliphatic carbocycles. The lowest BCUT2D eigenvalue weighted by Crippen LogP contribution is -2.57. The third kappa shape index (κ3) is 17.6. The fourth-order valence-electron chi connectivity index (χ4n) is 10.9. The first-order chi connectivity index (χ1) is 41.7. The normalized spacial score (nSPS) is 17.8. The van der Waals surface area contributed by atoms with Gasteiger partial charge >= 0.3 is 0 Å². The van der Waals surface area contributed by atoms with Gasteiger partial charge in [0.1, 0.15) is 35.2 Å². The first-order valence-corrected chi connectivity index (χ1v) is 30.6. The molecule has 4 atom stereocenters. The number of aliphatic hydroxyl groups is 1. The molecule has 3 saturated heterocycles. The minimum Gasteiger partial charge on any atom is -0.391 e. The number of hydrogen-bond acceptors (Lipinski definition) is 18. The number of β-amino-alcohol motifs (C(OH)–C–C–N with tert-alkyl or cyclic N) is 1. The number of benzene rings is 2. The molecule has 7 heterocycles. The van der Waals surface area contributed by atoms with Crippen LogP contribution in [-0.4, -0.2) is 200 Å². The van der Waals surface area contributed by atoms with Gasteiger partial charge in [0.2, 0.25) is 23.6 Å². The van der Waals surface area contributed by atoms with Gasteiger partial charge in [-0.05, 0) is 78.3 Å². The number of likely N-dealkylation sites (tertiary alicyclic amines) is 1. The highest BCUT2D eigenvalue weighted by Gasteiger charge is 2.44. The molecule has 0 radical (unpaired) electrons. The molecule has 1 unspecified atom stereocenters. The quantitative estimate of drug-likeness (QED) is 0.0423. The second-order valence-corrected chi connectivity index (χ2v) is 23.6. The zero-order chi connectivity index (χ0) is 60.4. The maximum atomic E-state index is 14.1. The number of piperazine rings is 1. The van der Waals surface area contributed by atoms with Gasteiger partial charge in [-0.2, -0.15) is 0 Å². The van der Waals surface area contributed by atoms with Crippen molar-refractivity contribution >= 4 is 52.2 Å². The molecule has 9 rings (SSSR count). The number of imidazole rings is 1. The Bertz CT molecular complexity index is 3170. The molecule has 4 amide bonds. The number of rotatable bonds is 30. The van der Waals surface area contributed by atoms with E-state index < -0.39 is 29.5 Å². The molecule has 2 aromatic carbocycles. The average molecular weight is 1210 g/mol. The third-order valence-electron chi connectivity index (χ3n) is 15.4. The molecule has 462 valence electrons. The summed E-state index contributed by atoms with van der Waals surface area (Å²) >= 11 is 1.57. The molecule has 4 N–H and O–H groups in total. The smallest absolute Gasteiger partial charge is 0.246 e. The summed E-state index contributed by atoms with van der Waals surface area (Å²) in [4.78, 5) is 76.3. The molecule has 6 aromatic rings. The Morgan fingerprint density at radius 3 is 2.16 bits per heavy atom. The van der Waals surface area contributed by atoms with Crippen LogP contribution in [0.3, 0.4) is 0 Å². The summed E-state index contributed by atoms with van der Waals surface area (Å²) in [7, 11) is 0. The second-order valence-electron chi connectivity index (χ2n) is 22.8. The van der Waals surface area contributed by atoms with E-state index in [1.165, 1.54) is 11.0 Å². The van der Waals surface area contributed by atoms with Crippen molar-refractivity contribution in [3.05, 3.63) is 113 Å². The number of carbonyl (C=O) groups excluding carboxylic acids is 4. The first-order valence-electron chi connectivity index (χ1n) is 29.7. The SMILES string of the molecule is Cc1ncsc1-c1ccc(CNC(=O)[C@@H]2C[C@@H](O)CN2C(=O)C(NC(=O)CCOCCOCCOCCOCCOCCNC(=O)CN2CCN(c3cccc(-c4cnc5ccc(N6CCC[C@@H]6c6cccc(F)c6)nn45)n3)CC2)C(C)(C)C)cc1. The Hall–Kier alpha value is -7.03. The van der Waals surface area contributed by atoms with Gasteiger partial charge in [0.05, 0.1) is 113 Å². The van der Waals surface area contributed by atoms with Crippen LogP contribution < -0.4 is 25.8 Å². The summed E-state index contributed by atoms with van der Waals surface area (Å²) in [6.07, 6.45) is 2.97. The van der Waals surface area contributed by atoms with Crippen LogP contribution in [0.15, 0.2) is 90.6 Å². The highest BCUT2D eigenvalue weighted by Crippen LogP contribution is 2.36. The Balaban J connectivity index is 0.564. The van der Waals surface area contributed by atoms with Gasteiger partial charge in [-0.15, -0.1) is 16.4 Å². The van der Waals surface area contributed by atoms with E-state index in [1.54, 1.807) is 29.7 Å². The number of nitrogens with zero attached hydrogens (tertiary/aromatic N) is 9. The lowest BCUT2D eigenvalue weighted by atomic mass is 9.85. The molecule has 0 saturated carbocycles. The van der Waals surface area contributed by atoms with Crippen LogP contribution in [0.1, 0.15) is 69.3 Å². The number of pyridine rings is 1. The Morgan fingerprint density at radius 1 is 0.779 bits per heavy atom. The van der Waals surface area contributed by atoms with E-state index in [1.807, 2.05) is 98.4 Å². The van der Waals surface area contributed by atoms with E-state index >= 15 is 0 Å². The molecular formula is C62H81FN12O10S. The molecule has 3 fully saturated rings. The average Bonchev–Trinajstić information content (AvgIpc) is 2.65. The van der Waals surface area contributed by atoms with Crippen LogP contribution in [0.4, 0.5) is 16.0 Å². The van der Waals surface area contributed by atoms with Crippen molar-refractivity contribution < 1.29 is 52.4 Å². The van der Waals surface area contributed by atoms with Crippen molar-refractivity contribution in [1.29, 1.82) is 0 Å². The molecule has 86 heavy (non-hydrogen) atoms. The summed E-state index contributed by atoms with van der Waals surface area (Å²) < 4.78 is 44.0. The molecule has 3 aliphatic heterocycles. The number of aryl methyl sites for hydroxylation is 1. The molecule has 22 nitrogen and oxygen atoms in total. The minimum atomic E-state index is -0.936.